The SMILES string of the molecule is COc1ccc(F)c(C(OC)c2nc3cc(F)c(F)cc3[nH]2)c1. The lowest BCUT2D eigenvalue weighted by Gasteiger charge is -2.15. The number of ether oxygens (including phenoxy) is 2. The fourth-order valence-electron chi connectivity index (χ4n) is 2.38. The summed E-state index contributed by atoms with van der Waals surface area (Å²) in [6.45, 7) is 0. The van der Waals surface area contributed by atoms with E-state index in [1.807, 2.05) is 0 Å². The number of aromatic amines is 1. The molecular weight excluding hydrogens is 309 g/mol. The van der Waals surface area contributed by atoms with Gasteiger partial charge in [0.2, 0.25) is 0 Å². The van der Waals surface area contributed by atoms with Crippen molar-refractivity contribution in [2.45, 2.75) is 6.10 Å². The molecule has 2 aromatic carbocycles. The lowest BCUT2D eigenvalue weighted by molar-refractivity contribution is 0.126. The molecule has 0 fully saturated rings. The smallest absolute Gasteiger partial charge is 0.161 e. The van der Waals surface area contributed by atoms with Crippen molar-refractivity contribution < 1.29 is 22.6 Å². The number of nitrogens with zero attached hydrogens (tertiary/aromatic N) is 1. The van der Waals surface area contributed by atoms with Crippen molar-refractivity contribution in [3.63, 3.8) is 0 Å². The summed E-state index contributed by atoms with van der Waals surface area (Å²) in [6.07, 6.45) is -0.872. The number of hydrogen-bond acceptors (Lipinski definition) is 3. The van der Waals surface area contributed by atoms with Gasteiger partial charge in [-0.25, -0.2) is 18.2 Å². The molecule has 1 aromatic heterocycles. The molecule has 0 bridgehead atoms. The highest BCUT2D eigenvalue weighted by Crippen LogP contribution is 2.30. The maximum atomic E-state index is 14.1. The van der Waals surface area contributed by atoms with Crippen molar-refractivity contribution in [2.24, 2.45) is 0 Å². The van der Waals surface area contributed by atoms with Gasteiger partial charge < -0.3 is 14.5 Å². The molecular formula is C16H13F3N2O2. The van der Waals surface area contributed by atoms with Crippen LogP contribution in [-0.2, 0) is 4.74 Å². The van der Waals surface area contributed by atoms with E-state index in [-0.39, 0.29) is 16.9 Å². The number of methoxy groups -OCH3 is 2. The third-order valence-corrected chi connectivity index (χ3v) is 3.51. The van der Waals surface area contributed by atoms with Gasteiger partial charge in [0.25, 0.3) is 0 Å². The van der Waals surface area contributed by atoms with Gasteiger partial charge in [-0.05, 0) is 18.2 Å². The fraction of sp³-hybridized carbons (Fsp3) is 0.188. The Morgan fingerprint density at radius 3 is 2.43 bits per heavy atom. The molecule has 0 saturated carbocycles. The zero-order chi connectivity index (χ0) is 16.6. The number of rotatable bonds is 4. The summed E-state index contributed by atoms with van der Waals surface area (Å²) in [5, 5.41) is 0. The highest BCUT2D eigenvalue weighted by atomic mass is 19.2. The maximum absolute atomic E-state index is 14.1. The maximum Gasteiger partial charge on any atom is 0.161 e. The highest BCUT2D eigenvalue weighted by molar-refractivity contribution is 5.75. The van der Waals surface area contributed by atoms with E-state index in [1.54, 1.807) is 0 Å². The summed E-state index contributed by atoms with van der Waals surface area (Å²) in [4.78, 5) is 6.99. The Morgan fingerprint density at radius 1 is 1.00 bits per heavy atom. The minimum absolute atomic E-state index is 0.201. The number of benzene rings is 2. The molecule has 0 aliphatic heterocycles. The molecule has 0 aliphatic rings. The van der Waals surface area contributed by atoms with Crippen molar-refractivity contribution in [3.8, 4) is 5.75 Å². The lowest BCUT2D eigenvalue weighted by Crippen LogP contribution is -2.08. The molecule has 4 nitrogen and oxygen atoms in total. The first kappa shape index (κ1) is 15.4. The molecule has 3 aromatic rings. The Labute approximate surface area is 129 Å². The van der Waals surface area contributed by atoms with Gasteiger partial charge in [-0.3, -0.25) is 0 Å². The Hall–Kier alpha value is -2.54. The average Bonchev–Trinajstić information content (AvgIpc) is 2.92. The third kappa shape index (κ3) is 2.75. The predicted octanol–water partition coefficient (Wildman–Crippen LogP) is 3.72. The van der Waals surface area contributed by atoms with E-state index in [0.717, 1.165) is 12.1 Å². The number of H-pyrrole nitrogens is 1. The van der Waals surface area contributed by atoms with Crippen molar-refractivity contribution in [3.05, 3.63) is 59.2 Å². The van der Waals surface area contributed by atoms with Gasteiger partial charge in [0.15, 0.2) is 11.6 Å². The van der Waals surface area contributed by atoms with E-state index in [4.69, 9.17) is 9.47 Å². The third-order valence-electron chi connectivity index (χ3n) is 3.51. The Bertz CT molecular complexity index is 825. The van der Waals surface area contributed by atoms with Gasteiger partial charge in [0.05, 0.1) is 18.1 Å². The minimum atomic E-state index is -1.00. The molecule has 1 heterocycles. The largest absolute Gasteiger partial charge is 0.497 e. The topological polar surface area (TPSA) is 47.1 Å². The summed E-state index contributed by atoms with van der Waals surface area (Å²) in [7, 11) is 2.85. The van der Waals surface area contributed by atoms with Crippen molar-refractivity contribution in [1.82, 2.24) is 9.97 Å². The van der Waals surface area contributed by atoms with Gasteiger partial charge in [-0.2, -0.15) is 0 Å². The van der Waals surface area contributed by atoms with Crippen molar-refractivity contribution in [1.29, 1.82) is 0 Å². The minimum Gasteiger partial charge on any atom is -0.497 e. The first-order valence-electron chi connectivity index (χ1n) is 6.74. The van der Waals surface area contributed by atoms with Crippen LogP contribution in [0.4, 0.5) is 13.2 Å². The molecule has 3 rings (SSSR count). The van der Waals surface area contributed by atoms with Crippen LogP contribution < -0.4 is 4.74 Å². The second-order valence-corrected chi connectivity index (χ2v) is 4.91. The van der Waals surface area contributed by atoms with Crippen LogP contribution in [0.15, 0.2) is 30.3 Å². The quantitative estimate of drug-likeness (QED) is 0.796. The van der Waals surface area contributed by atoms with Crippen LogP contribution in [0.25, 0.3) is 11.0 Å². The zero-order valence-corrected chi connectivity index (χ0v) is 12.4. The summed E-state index contributed by atoms with van der Waals surface area (Å²) in [5.41, 5.74) is 0.723. The second kappa shape index (κ2) is 5.92. The van der Waals surface area contributed by atoms with E-state index in [0.29, 0.717) is 11.3 Å². The standard InChI is InChI=1S/C16H13F3N2O2/c1-22-8-3-4-10(17)9(5-8)15(23-2)16-20-13-6-11(18)12(19)7-14(13)21-16/h3-7,15H,1-2H3,(H,20,21). The molecule has 23 heavy (non-hydrogen) atoms. The van der Waals surface area contributed by atoms with Crippen LogP contribution in [0.3, 0.4) is 0 Å². The lowest BCUT2D eigenvalue weighted by atomic mass is 10.1. The van der Waals surface area contributed by atoms with Gasteiger partial charge in [-0.1, -0.05) is 0 Å². The Morgan fingerprint density at radius 2 is 1.74 bits per heavy atom. The number of imidazole rings is 1. The monoisotopic (exact) mass is 322 g/mol. The van der Waals surface area contributed by atoms with Crippen LogP contribution >= 0.6 is 0 Å². The van der Waals surface area contributed by atoms with Crippen LogP contribution in [0.1, 0.15) is 17.5 Å². The van der Waals surface area contributed by atoms with Gasteiger partial charge in [0.1, 0.15) is 23.5 Å². The van der Waals surface area contributed by atoms with E-state index >= 15 is 0 Å². The number of fused-ring (bicyclic) bond motifs is 1. The molecule has 0 aliphatic carbocycles. The van der Waals surface area contributed by atoms with Gasteiger partial charge >= 0.3 is 0 Å². The zero-order valence-electron chi connectivity index (χ0n) is 12.4. The second-order valence-electron chi connectivity index (χ2n) is 4.91. The van der Waals surface area contributed by atoms with E-state index in [2.05, 4.69) is 9.97 Å². The number of aromatic nitrogens is 2. The number of hydrogen-bond donors (Lipinski definition) is 1. The molecule has 120 valence electrons. The van der Waals surface area contributed by atoms with Crippen LogP contribution in [0.2, 0.25) is 0 Å². The molecule has 0 radical (unpaired) electrons. The van der Waals surface area contributed by atoms with E-state index in [9.17, 15) is 13.2 Å². The normalized spacial score (nSPS) is 12.6. The predicted molar refractivity (Wildman–Crippen MR) is 77.8 cm³/mol. The molecule has 1 unspecified atom stereocenters. The first-order chi connectivity index (χ1) is 11.0. The van der Waals surface area contributed by atoms with Gasteiger partial charge in [0, 0.05) is 24.8 Å². The van der Waals surface area contributed by atoms with Crippen LogP contribution in [0, 0.1) is 17.5 Å². The average molecular weight is 322 g/mol. The van der Waals surface area contributed by atoms with E-state index in [1.165, 1.54) is 32.4 Å². The molecule has 0 saturated heterocycles. The molecule has 1 N–H and O–H groups in total. The number of nitrogens with one attached hydrogen (secondary N) is 1. The highest BCUT2D eigenvalue weighted by Gasteiger charge is 2.22. The fourth-order valence-corrected chi connectivity index (χ4v) is 2.38. The summed E-state index contributed by atoms with van der Waals surface area (Å²) >= 11 is 0. The van der Waals surface area contributed by atoms with Crippen LogP contribution in [0.5, 0.6) is 5.75 Å². The molecule has 0 spiro atoms. The summed E-state index contributed by atoms with van der Waals surface area (Å²) in [5.74, 6) is -1.81. The van der Waals surface area contributed by atoms with Crippen molar-refractivity contribution in [2.75, 3.05) is 14.2 Å². The first-order valence-corrected chi connectivity index (χ1v) is 6.74. The summed E-state index contributed by atoms with van der Waals surface area (Å²) in [6, 6.07) is 6.18. The van der Waals surface area contributed by atoms with Crippen molar-refractivity contribution >= 4 is 11.0 Å². The van der Waals surface area contributed by atoms with Gasteiger partial charge in [-0.15, -0.1) is 0 Å². The molecule has 1 atom stereocenters. The molecule has 7 heteroatoms. The molecule has 0 amide bonds. The number of halogens is 3. The van der Waals surface area contributed by atoms with Crippen LogP contribution in [-0.4, -0.2) is 24.2 Å². The Kier molecular flexibility index (Phi) is 3.96. The van der Waals surface area contributed by atoms with E-state index < -0.39 is 23.6 Å². The summed E-state index contributed by atoms with van der Waals surface area (Å²) < 4.78 is 51.1. The Balaban J connectivity index is 2.11.